The van der Waals surface area contributed by atoms with Crippen LogP contribution in [0.4, 0.5) is 0 Å². The summed E-state index contributed by atoms with van der Waals surface area (Å²) in [5, 5.41) is 12.9. The largest absolute Gasteiger partial charge is 0.466 e. The molecule has 1 unspecified atom stereocenters. The molecule has 2 rings (SSSR count). The molecule has 4 heteroatoms. The Morgan fingerprint density at radius 3 is 2.60 bits per heavy atom. The first-order chi connectivity index (χ1) is 9.58. The van der Waals surface area contributed by atoms with Crippen molar-refractivity contribution in [3.8, 4) is 0 Å². The van der Waals surface area contributed by atoms with Crippen molar-refractivity contribution in [1.29, 1.82) is 0 Å². The molecule has 0 saturated heterocycles. The first-order valence-electron chi connectivity index (χ1n) is 6.66. The van der Waals surface area contributed by atoms with E-state index in [2.05, 4.69) is 5.32 Å². The van der Waals surface area contributed by atoms with E-state index in [9.17, 15) is 9.90 Å². The molecule has 0 aliphatic carbocycles. The van der Waals surface area contributed by atoms with Gasteiger partial charge < -0.3 is 14.8 Å². The second-order valence-corrected chi connectivity index (χ2v) is 4.79. The zero-order chi connectivity index (χ0) is 14.5. The fraction of sp³-hybridized carbons (Fsp3) is 0.312. The molecule has 20 heavy (non-hydrogen) atoms. The van der Waals surface area contributed by atoms with Crippen LogP contribution in [-0.2, 0) is 0 Å². The van der Waals surface area contributed by atoms with Crippen LogP contribution in [0.3, 0.4) is 0 Å². The number of carbonyl (C=O) groups is 1. The monoisotopic (exact) mass is 273 g/mol. The molecule has 1 atom stereocenters. The van der Waals surface area contributed by atoms with E-state index in [1.165, 1.54) is 0 Å². The fourth-order valence-electron chi connectivity index (χ4n) is 2.15. The second-order valence-electron chi connectivity index (χ2n) is 4.79. The Balaban J connectivity index is 1.84. The molecule has 1 amide bonds. The highest BCUT2D eigenvalue weighted by atomic mass is 16.3. The number of furan rings is 1. The molecule has 0 aliphatic rings. The first kappa shape index (κ1) is 14.3. The fourth-order valence-corrected chi connectivity index (χ4v) is 2.15. The van der Waals surface area contributed by atoms with Gasteiger partial charge in [0.05, 0.1) is 6.10 Å². The lowest BCUT2D eigenvalue weighted by atomic mass is 10.1. The van der Waals surface area contributed by atoms with Gasteiger partial charge in [0.25, 0.3) is 5.91 Å². The molecule has 2 N–H and O–H groups in total. The van der Waals surface area contributed by atoms with Gasteiger partial charge in [-0.2, -0.15) is 0 Å². The summed E-state index contributed by atoms with van der Waals surface area (Å²) in [7, 11) is 0. The van der Waals surface area contributed by atoms with Gasteiger partial charge in [0.1, 0.15) is 11.5 Å². The Kier molecular flexibility index (Phi) is 4.58. The highest BCUT2D eigenvalue weighted by molar-refractivity contribution is 5.94. The minimum absolute atomic E-state index is 0.127. The van der Waals surface area contributed by atoms with Crippen LogP contribution in [0.5, 0.6) is 0 Å². The van der Waals surface area contributed by atoms with Crippen LogP contribution >= 0.6 is 0 Å². The number of amides is 1. The second kappa shape index (κ2) is 6.39. The summed E-state index contributed by atoms with van der Waals surface area (Å²) in [6, 6.07) is 10.9. The molecule has 1 aromatic carbocycles. The SMILES string of the molecule is Cc1cc(C(O)CCNC(=O)c2ccccc2)c(C)o1. The van der Waals surface area contributed by atoms with Crippen molar-refractivity contribution >= 4 is 5.91 Å². The molecule has 1 aromatic heterocycles. The van der Waals surface area contributed by atoms with Crippen molar-refractivity contribution in [2.24, 2.45) is 0 Å². The maximum atomic E-state index is 11.8. The molecule has 1 heterocycles. The van der Waals surface area contributed by atoms with Crippen LogP contribution < -0.4 is 5.32 Å². The van der Waals surface area contributed by atoms with E-state index < -0.39 is 6.10 Å². The van der Waals surface area contributed by atoms with E-state index in [4.69, 9.17) is 4.42 Å². The first-order valence-corrected chi connectivity index (χ1v) is 6.66. The number of hydrogen-bond donors (Lipinski definition) is 2. The lowest BCUT2D eigenvalue weighted by Crippen LogP contribution is -2.25. The zero-order valence-corrected chi connectivity index (χ0v) is 11.7. The van der Waals surface area contributed by atoms with Crippen LogP contribution in [-0.4, -0.2) is 17.6 Å². The van der Waals surface area contributed by atoms with E-state index in [0.29, 0.717) is 18.5 Å². The summed E-state index contributed by atoms with van der Waals surface area (Å²) < 4.78 is 5.39. The summed E-state index contributed by atoms with van der Waals surface area (Å²) in [6.07, 6.45) is -0.165. The number of benzene rings is 1. The van der Waals surface area contributed by atoms with E-state index >= 15 is 0 Å². The van der Waals surface area contributed by atoms with Gasteiger partial charge >= 0.3 is 0 Å². The van der Waals surface area contributed by atoms with Gasteiger partial charge in [-0.25, -0.2) is 0 Å². The Bertz CT molecular complexity index is 575. The Morgan fingerprint density at radius 2 is 2.00 bits per heavy atom. The highest BCUT2D eigenvalue weighted by Crippen LogP contribution is 2.23. The van der Waals surface area contributed by atoms with Crippen molar-refractivity contribution in [3.05, 3.63) is 59.0 Å². The molecule has 0 saturated carbocycles. The van der Waals surface area contributed by atoms with Gasteiger partial charge in [0.2, 0.25) is 0 Å². The number of rotatable bonds is 5. The molecular formula is C16H19NO3. The predicted molar refractivity (Wildman–Crippen MR) is 76.5 cm³/mol. The Hall–Kier alpha value is -2.07. The number of nitrogens with one attached hydrogen (secondary N) is 1. The van der Waals surface area contributed by atoms with Crippen LogP contribution in [0.25, 0.3) is 0 Å². The van der Waals surface area contributed by atoms with Gasteiger partial charge in [-0.1, -0.05) is 18.2 Å². The summed E-state index contributed by atoms with van der Waals surface area (Å²) >= 11 is 0. The minimum Gasteiger partial charge on any atom is -0.466 e. The molecule has 106 valence electrons. The zero-order valence-electron chi connectivity index (χ0n) is 11.7. The average Bonchev–Trinajstić information content (AvgIpc) is 2.78. The predicted octanol–water partition coefficient (Wildman–Crippen LogP) is 2.75. The average molecular weight is 273 g/mol. The summed E-state index contributed by atoms with van der Waals surface area (Å²) in [5.41, 5.74) is 1.41. The van der Waals surface area contributed by atoms with Gasteiger partial charge in [0.15, 0.2) is 0 Å². The summed E-state index contributed by atoms with van der Waals surface area (Å²) in [6.45, 7) is 4.09. The molecule has 0 aliphatic heterocycles. The van der Waals surface area contributed by atoms with Crippen LogP contribution in [0.1, 0.15) is 40.0 Å². The van der Waals surface area contributed by atoms with Crippen molar-refractivity contribution in [2.75, 3.05) is 6.54 Å². The number of aliphatic hydroxyl groups is 1. The quantitative estimate of drug-likeness (QED) is 0.880. The van der Waals surface area contributed by atoms with Gasteiger partial charge in [-0.3, -0.25) is 4.79 Å². The lowest BCUT2D eigenvalue weighted by molar-refractivity contribution is 0.0942. The molecule has 0 radical (unpaired) electrons. The third kappa shape index (κ3) is 3.48. The molecular weight excluding hydrogens is 254 g/mol. The standard InChI is InChI=1S/C16H19NO3/c1-11-10-14(12(2)20-11)15(18)8-9-17-16(19)13-6-4-3-5-7-13/h3-7,10,15,18H,8-9H2,1-2H3,(H,17,19). The van der Waals surface area contributed by atoms with Gasteiger partial charge in [-0.15, -0.1) is 0 Å². The molecule has 0 spiro atoms. The lowest BCUT2D eigenvalue weighted by Gasteiger charge is -2.10. The number of carbonyl (C=O) groups excluding carboxylic acids is 1. The van der Waals surface area contributed by atoms with Gasteiger partial charge in [-0.05, 0) is 38.5 Å². The molecule has 0 bridgehead atoms. The third-order valence-electron chi connectivity index (χ3n) is 3.18. The summed E-state index contributed by atoms with van der Waals surface area (Å²) in [4.78, 5) is 11.8. The molecule has 2 aromatic rings. The molecule has 4 nitrogen and oxygen atoms in total. The van der Waals surface area contributed by atoms with E-state index in [-0.39, 0.29) is 5.91 Å². The van der Waals surface area contributed by atoms with Gasteiger partial charge in [0, 0.05) is 17.7 Å². The smallest absolute Gasteiger partial charge is 0.251 e. The van der Waals surface area contributed by atoms with Crippen molar-refractivity contribution in [1.82, 2.24) is 5.32 Å². The van der Waals surface area contributed by atoms with E-state index in [0.717, 1.165) is 17.1 Å². The Morgan fingerprint density at radius 1 is 1.30 bits per heavy atom. The van der Waals surface area contributed by atoms with E-state index in [1.807, 2.05) is 38.1 Å². The highest BCUT2D eigenvalue weighted by Gasteiger charge is 2.14. The van der Waals surface area contributed by atoms with Crippen LogP contribution in [0.15, 0.2) is 40.8 Å². The number of aryl methyl sites for hydroxylation is 2. The van der Waals surface area contributed by atoms with Crippen LogP contribution in [0, 0.1) is 13.8 Å². The van der Waals surface area contributed by atoms with E-state index in [1.54, 1.807) is 12.1 Å². The number of hydrogen-bond acceptors (Lipinski definition) is 3. The molecule has 0 fully saturated rings. The van der Waals surface area contributed by atoms with Crippen LogP contribution in [0.2, 0.25) is 0 Å². The topological polar surface area (TPSA) is 62.5 Å². The Labute approximate surface area is 118 Å². The van der Waals surface area contributed by atoms with Crippen molar-refractivity contribution in [2.45, 2.75) is 26.4 Å². The maximum Gasteiger partial charge on any atom is 0.251 e. The summed E-state index contributed by atoms with van der Waals surface area (Å²) in [5.74, 6) is 1.38. The maximum absolute atomic E-state index is 11.8. The van der Waals surface area contributed by atoms with Crippen molar-refractivity contribution in [3.63, 3.8) is 0 Å². The number of aliphatic hydroxyl groups excluding tert-OH is 1. The third-order valence-corrected chi connectivity index (χ3v) is 3.18. The minimum atomic E-state index is -0.622. The van der Waals surface area contributed by atoms with Crippen molar-refractivity contribution < 1.29 is 14.3 Å². The normalized spacial score (nSPS) is 12.2.